The molecule has 0 bridgehead atoms. The first-order valence-electron chi connectivity index (χ1n) is 7.42. The lowest BCUT2D eigenvalue weighted by molar-refractivity contribution is -0.123. The van der Waals surface area contributed by atoms with Gasteiger partial charge >= 0.3 is 5.69 Å². The lowest BCUT2D eigenvalue weighted by atomic mass is 9.94. The Morgan fingerprint density at radius 3 is 2.78 bits per heavy atom. The van der Waals surface area contributed by atoms with Crippen LogP contribution in [0.1, 0.15) is 25.1 Å². The van der Waals surface area contributed by atoms with Crippen LogP contribution < -0.4 is 16.6 Å². The highest BCUT2D eigenvalue weighted by Crippen LogP contribution is 2.35. The molecule has 2 rings (SSSR count). The van der Waals surface area contributed by atoms with Gasteiger partial charge in [0, 0.05) is 30.6 Å². The van der Waals surface area contributed by atoms with Gasteiger partial charge in [-0.2, -0.15) is 0 Å². The summed E-state index contributed by atoms with van der Waals surface area (Å²) in [7, 11) is 0. The van der Waals surface area contributed by atoms with E-state index in [1.54, 1.807) is 6.92 Å². The molecule has 23 heavy (non-hydrogen) atoms. The van der Waals surface area contributed by atoms with Crippen molar-refractivity contribution in [1.82, 2.24) is 14.9 Å². The van der Waals surface area contributed by atoms with Crippen molar-refractivity contribution in [3.63, 3.8) is 0 Å². The van der Waals surface area contributed by atoms with Crippen molar-refractivity contribution in [2.75, 3.05) is 13.2 Å². The summed E-state index contributed by atoms with van der Waals surface area (Å²) in [6.07, 6.45) is -1.77. The van der Waals surface area contributed by atoms with Crippen molar-refractivity contribution in [2.24, 2.45) is 5.92 Å². The smallest absolute Gasteiger partial charge is 0.330 e. The number of amides is 1. The zero-order valence-electron chi connectivity index (χ0n) is 13.0. The minimum Gasteiger partial charge on any atom is -0.394 e. The predicted octanol–water partition coefficient (Wildman–Crippen LogP) is -1.76. The third kappa shape index (κ3) is 3.52. The average Bonchev–Trinajstić information content (AvgIpc) is 2.80. The molecule has 9 nitrogen and oxygen atoms in total. The number of aromatic amines is 1. The highest BCUT2D eigenvalue weighted by molar-refractivity contribution is 5.76. The molecule has 0 radical (unpaired) electrons. The number of aliphatic hydroxyl groups excluding tert-OH is 2. The Bertz CT molecular complexity index is 682. The summed E-state index contributed by atoms with van der Waals surface area (Å²) >= 11 is 0. The monoisotopic (exact) mass is 327 g/mol. The molecular weight excluding hydrogens is 306 g/mol. The summed E-state index contributed by atoms with van der Waals surface area (Å²) in [5.74, 6) is -0.931. The van der Waals surface area contributed by atoms with Crippen molar-refractivity contribution in [2.45, 2.75) is 38.7 Å². The minimum absolute atomic E-state index is 0.0339. The Balaban J connectivity index is 2.28. The van der Waals surface area contributed by atoms with Crippen LogP contribution in [0.4, 0.5) is 0 Å². The number of rotatable bonds is 5. The van der Waals surface area contributed by atoms with Gasteiger partial charge in [-0.05, 0) is 13.8 Å². The average molecular weight is 327 g/mol. The van der Waals surface area contributed by atoms with Crippen LogP contribution in [0.3, 0.4) is 0 Å². The molecular formula is C14H21N3O6. The number of aliphatic hydroxyl groups is 2. The van der Waals surface area contributed by atoms with Gasteiger partial charge in [0.15, 0.2) is 6.23 Å². The van der Waals surface area contributed by atoms with Gasteiger partial charge in [-0.25, -0.2) is 4.79 Å². The first kappa shape index (κ1) is 17.4. The third-order valence-electron chi connectivity index (χ3n) is 3.92. The Morgan fingerprint density at radius 2 is 2.17 bits per heavy atom. The Morgan fingerprint density at radius 1 is 1.48 bits per heavy atom. The Labute approximate surface area is 131 Å². The quantitative estimate of drug-likeness (QED) is 0.506. The van der Waals surface area contributed by atoms with Crippen LogP contribution in [0.25, 0.3) is 0 Å². The van der Waals surface area contributed by atoms with Gasteiger partial charge in [0.1, 0.15) is 6.10 Å². The van der Waals surface area contributed by atoms with Crippen LogP contribution in [-0.2, 0) is 9.53 Å². The lowest BCUT2D eigenvalue weighted by Gasteiger charge is -2.19. The molecule has 128 valence electrons. The molecule has 0 saturated carbocycles. The second-order valence-corrected chi connectivity index (χ2v) is 5.54. The van der Waals surface area contributed by atoms with Crippen molar-refractivity contribution < 1.29 is 19.7 Å². The predicted molar refractivity (Wildman–Crippen MR) is 79.9 cm³/mol. The number of nitrogens with zero attached hydrogens (tertiary/aromatic N) is 1. The number of nitrogens with one attached hydrogen (secondary N) is 2. The molecule has 1 aliphatic heterocycles. The number of carbonyl (C=O) groups excluding carboxylic acids is 1. The van der Waals surface area contributed by atoms with E-state index in [4.69, 9.17) is 4.74 Å². The topological polar surface area (TPSA) is 134 Å². The number of hydrogen-bond acceptors (Lipinski definition) is 6. The first-order valence-corrected chi connectivity index (χ1v) is 7.42. The summed E-state index contributed by atoms with van der Waals surface area (Å²) in [5.41, 5.74) is -0.954. The summed E-state index contributed by atoms with van der Waals surface area (Å²) in [4.78, 5) is 37.2. The molecule has 1 fully saturated rings. The van der Waals surface area contributed by atoms with E-state index in [1.807, 2.05) is 0 Å². The number of aromatic nitrogens is 2. The summed E-state index contributed by atoms with van der Waals surface area (Å²) in [6.45, 7) is 3.35. The van der Waals surface area contributed by atoms with E-state index in [9.17, 15) is 24.6 Å². The molecule has 0 aliphatic carbocycles. The van der Waals surface area contributed by atoms with E-state index in [1.165, 1.54) is 13.1 Å². The molecule has 4 atom stereocenters. The lowest BCUT2D eigenvalue weighted by Crippen LogP contribution is -2.38. The minimum atomic E-state index is -1.17. The van der Waals surface area contributed by atoms with E-state index in [-0.39, 0.29) is 17.9 Å². The standard InChI is InChI=1S/C14H21N3O6/c1-3-15-10(19)4-8-9(6-18)23-13(11(8)20)17-5-7(2)12(21)16-14(17)22/h5,8-9,11,13,18,20H,3-4,6H2,1-2H3,(H,15,19)(H,16,21,22)/t8?,9-,11-,13-/m1/s1. The number of H-pyrrole nitrogens is 1. The van der Waals surface area contributed by atoms with Gasteiger partial charge in [0.05, 0.1) is 12.7 Å². The fraction of sp³-hybridized carbons (Fsp3) is 0.643. The van der Waals surface area contributed by atoms with Crippen LogP contribution in [-0.4, -0.2) is 51.0 Å². The molecule has 1 amide bonds. The molecule has 1 aliphatic rings. The van der Waals surface area contributed by atoms with E-state index in [2.05, 4.69) is 10.3 Å². The van der Waals surface area contributed by atoms with Crippen LogP contribution in [0, 0.1) is 12.8 Å². The highest BCUT2D eigenvalue weighted by Gasteiger charge is 2.45. The second kappa shape index (κ2) is 7.07. The SMILES string of the molecule is CCNC(=O)CC1[C@@H](O)[C@H](n2cc(C)c(=O)[nH]c2=O)O[C@@H]1CO. The number of ether oxygens (including phenoxy) is 1. The third-order valence-corrected chi connectivity index (χ3v) is 3.92. The van der Waals surface area contributed by atoms with E-state index < -0.39 is 42.2 Å². The maximum absolute atomic E-state index is 11.9. The van der Waals surface area contributed by atoms with Gasteiger partial charge in [-0.15, -0.1) is 0 Å². The van der Waals surface area contributed by atoms with E-state index in [0.29, 0.717) is 6.54 Å². The van der Waals surface area contributed by atoms with Crippen molar-refractivity contribution in [3.8, 4) is 0 Å². The van der Waals surface area contributed by atoms with Crippen LogP contribution in [0.15, 0.2) is 15.8 Å². The number of hydrogen-bond donors (Lipinski definition) is 4. The van der Waals surface area contributed by atoms with Crippen LogP contribution in [0.2, 0.25) is 0 Å². The fourth-order valence-corrected chi connectivity index (χ4v) is 2.71. The van der Waals surface area contributed by atoms with Crippen LogP contribution in [0.5, 0.6) is 0 Å². The molecule has 1 saturated heterocycles. The number of aryl methyl sites for hydroxylation is 1. The largest absolute Gasteiger partial charge is 0.394 e. The van der Waals surface area contributed by atoms with E-state index in [0.717, 1.165) is 4.57 Å². The summed E-state index contributed by atoms with van der Waals surface area (Å²) in [6, 6.07) is 0. The summed E-state index contributed by atoms with van der Waals surface area (Å²) < 4.78 is 6.61. The molecule has 0 spiro atoms. The molecule has 4 N–H and O–H groups in total. The zero-order valence-corrected chi connectivity index (χ0v) is 13.0. The molecule has 2 heterocycles. The zero-order chi connectivity index (χ0) is 17.1. The van der Waals surface area contributed by atoms with E-state index >= 15 is 0 Å². The Kier molecular flexibility index (Phi) is 5.34. The molecule has 1 aromatic heterocycles. The van der Waals surface area contributed by atoms with Crippen molar-refractivity contribution >= 4 is 5.91 Å². The van der Waals surface area contributed by atoms with Gasteiger partial charge in [-0.3, -0.25) is 19.1 Å². The highest BCUT2D eigenvalue weighted by atomic mass is 16.5. The maximum atomic E-state index is 11.9. The molecule has 1 aromatic rings. The van der Waals surface area contributed by atoms with Crippen molar-refractivity contribution in [1.29, 1.82) is 0 Å². The summed E-state index contributed by atoms with van der Waals surface area (Å²) in [5, 5.41) is 22.5. The van der Waals surface area contributed by atoms with Gasteiger partial charge in [0.2, 0.25) is 5.91 Å². The van der Waals surface area contributed by atoms with Crippen LogP contribution >= 0.6 is 0 Å². The maximum Gasteiger partial charge on any atom is 0.330 e. The molecule has 0 aromatic carbocycles. The van der Waals surface area contributed by atoms with Crippen molar-refractivity contribution in [3.05, 3.63) is 32.6 Å². The Hall–Kier alpha value is -1.97. The van der Waals surface area contributed by atoms with Gasteiger partial charge in [-0.1, -0.05) is 0 Å². The fourth-order valence-electron chi connectivity index (χ4n) is 2.71. The van der Waals surface area contributed by atoms with Gasteiger partial charge in [0.25, 0.3) is 5.56 Å². The second-order valence-electron chi connectivity index (χ2n) is 5.54. The molecule has 9 heteroatoms. The number of carbonyl (C=O) groups is 1. The van der Waals surface area contributed by atoms with Gasteiger partial charge < -0.3 is 20.3 Å². The normalized spacial score (nSPS) is 27.1. The molecule has 1 unspecified atom stereocenters. The first-order chi connectivity index (χ1) is 10.9.